The summed E-state index contributed by atoms with van der Waals surface area (Å²) in [5.74, 6) is 0.741. The van der Waals surface area contributed by atoms with Crippen molar-refractivity contribution in [2.75, 3.05) is 45.2 Å². The van der Waals surface area contributed by atoms with Gasteiger partial charge in [0.1, 0.15) is 10.9 Å². The van der Waals surface area contributed by atoms with E-state index in [9.17, 15) is 0 Å². The highest BCUT2D eigenvalue weighted by atomic mass is 35.5. The Labute approximate surface area is 237 Å². The number of aromatic nitrogens is 1. The number of fused-ring (bicyclic) bond motifs is 1. The molecule has 0 atom stereocenters. The smallest absolute Gasteiger partial charge is 0.173 e. The van der Waals surface area contributed by atoms with Gasteiger partial charge in [0, 0.05) is 47.7 Å². The van der Waals surface area contributed by atoms with Crippen LogP contribution >= 0.6 is 36.2 Å². The van der Waals surface area contributed by atoms with Gasteiger partial charge in [0.2, 0.25) is 0 Å². The van der Waals surface area contributed by atoms with Crippen molar-refractivity contribution in [2.45, 2.75) is 58.0 Å². The fraction of sp³-hybridized carbons (Fsp3) is 0.571. The van der Waals surface area contributed by atoms with E-state index < -0.39 is 0 Å². The van der Waals surface area contributed by atoms with Gasteiger partial charge >= 0.3 is 0 Å². The highest BCUT2D eigenvalue weighted by Crippen LogP contribution is 2.34. The van der Waals surface area contributed by atoms with Crippen LogP contribution in [0.1, 0.15) is 59.5 Å². The molecule has 0 N–H and O–H groups in total. The molecule has 2 aliphatic heterocycles. The first kappa shape index (κ1) is 29.7. The first-order valence-corrected chi connectivity index (χ1v) is 13.9. The van der Waals surface area contributed by atoms with Crippen LogP contribution in [0.25, 0.3) is 11.0 Å². The van der Waals surface area contributed by atoms with Crippen molar-refractivity contribution in [2.24, 2.45) is 5.92 Å². The summed E-state index contributed by atoms with van der Waals surface area (Å²) >= 11 is 1.62. The van der Waals surface area contributed by atoms with E-state index in [2.05, 4.69) is 58.2 Å². The van der Waals surface area contributed by atoms with Gasteiger partial charge in [-0.2, -0.15) is 5.26 Å². The average Bonchev–Trinajstić information content (AvgIpc) is 3.51. The van der Waals surface area contributed by atoms with Gasteiger partial charge in [0.25, 0.3) is 0 Å². The Kier molecular flexibility index (Phi) is 11.1. The lowest BCUT2D eigenvalue weighted by Crippen LogP contribution is -2.33. The van der Waals surface area contributed by atoms with Crippen LogP contribution in [-0.4, -0.2) is 55.2 Å². The molecule has 2 aromatic heterocycles. The first-order chi connectivity index (χ1) is 17.1. The number of hydrogen-bond donors (Lipinski definition) is 0. The van der Waals surface area contributed by atoms with Crippen molar-refractivity contribution in [3.8, 4) is 6.07 Å². The van der Waals surface area contributed by atoms with Gasteiger partial charge in [0.05, 0.1) is 5.69 Å². The quantitative estimate of drug-likeness (QED) is 0.311. The third-order valence-electron chi connectivity index (χ3n) is 7.61. The molecule has 3 aromatic rings. The molecule has 0 amide bonds. The molecule has 4 heterocycles. The monoisotopic (exact) mass is 563 g/mol. The Balaban J connectivity index is 0.00000190. The van der Waals surface area contributed by atoms with E-state index in [0.717, 1.165) is 67.8 Å². The summed E-state index contributed by atoms with van der Waals surface area (Å²) in [5.41, 5.74) is 4.72. The molecule has 5 rings (SSSR count). The Morgan fingerprint density at radius 1 is 1.05 bits per heavy atom. The summed E-state index contributed by atoms with van der Waals surface area (Å²) in [6.45, 7) is 6.39. The van der Waals surface area contributed by atoms with Crippen LogP contribution < -0.4 is 4.90 Å². The standard InChI is InChI=1S/C28H37N5OS.2ClH/c1-31(2)20-25-27(33-14-4-3-5-15-33)11-9-24-26(30-34-28(24)25)10-6-21-12-16-32(17-13-21)19-23-8-7-22(18-29)35-23;;/h7-9,11,21H,3-6,10,12-17,19-20H2,1-2H3;2*1H. The van der Waals surface area contributed by atoms with Crippen LogP contribution in [0.5, 0.6) is 0 Å². The number of rotatable bonds is 8. The first-order valence-electron chi connectivity index (χ1n) is 13.1. The van der Waals surface area contributed by atoms with Crippen LogP contribution in [0.4, 0.5) is 5.69 Å². The molecule has 1 aromatic carbocycles. The lowest BCUT2D eigenvalue weighted by Gasteiger charge is -2.31. The van der Waals surface area contributed by atoms with Gasteiger partial charge in [-0.3, -0.25) is 4.90 Å². The van der Waals surface area contributed by atoms with E-state index in [0.29, 0.717) is 0 Å². The summed E-state index contributed by atoms with van der Waals surface area (Å²) in [4.78, 5) is 9.41. The minimum Gasteiger partial charge on any atom is -0.371 e. The minimum absolute atomic E-state index is 0. The average molecular weight is 565 g/mol. The molecule has 2 saturated heterocycles. The molecule has 0 unspecified atom stereocenters. The molecule has 6 nitrogen and oxygen atoms in total. The highest BCUT2D eigenvalue weighted by molar-refractivity contribution is 7.12. The van der Waals surface area contributed by atoms with Crippen LogP contribution in [0.15, 0.2) is 28.8 Å². The maximum absolute atomic E-state index is 9.05. The van der Waals surface area contributed by atoms with Crippen LogP contribution in [0.3, 0.4) is 0 Å². The van der Waals surface area contributed by atoms with Crippen LogP contribution in [0.2, 0.25) is 0 Å². The topological polar surface area (TPSA) is 59.5 Å². The van der Waals surface area contributed by atoms with E-state index in [1.54, 1.807) is 11.3 Å². The Morgan fingerprint density at radius 3 is 2.49 bits per heavy atom. The molecule has 0 saturated carbocycles. The second-order valence-electron chi connectivity index (χ2n) is 10.5. The Bertz CT molecular complexity index is 1170. The molecule has 0 bridgehead atoms. The van der Waals surface area contributed by atoms with Crippen molar-refractivity contribution in [3.05, 3.63) is 45.3 Å². The van der Waals surface area contributed by atoms with E-state index >= 15 is 0 Å². The largest absolute Gasteiger partial charge is 0.371 e. The summed E-state index contributed by atoms with van der Waals surface area (Å²) in [6.07, 6.45) is 8.50. The molecule has 0 aliphatic carbocycles. The third kappa shape index (κ3) is 7.19. The summed E-state index contributed by atoms with van der Waals surface area (Å²) in [5, 5.41) is 14.8. The maximum atomic E-state index is 9.05. The van der Waals surface area contributed by atoms with Crippen LogP contribution in [-0.2, 0) is 19.5 Å². The Morgan fingerprint density at radius 2 is 1.81 bits per heavy atom. The molecular weight excluding hydrogens is 525 g/mol. The molecule has 0 spiro atoms. The number of hydrogen-bond acceptors (Lipinski definition) is 7. The normalized spacial score (nSPS) is 17.0. The zero-order chi connectivity index (χ0) is 24.2. The molecule has 9 heteroatoms. The van der Waals surface area contributed by atoms with E-state index in [4.69, 9.17) is 9.78 Å². The van der Waals surface area contributed by atoms with Crippen molar-refractivity contribution in [1.82, 2.24) is 15.0 Å². The van der Waals surface area contributed by atoms with Gasteiger partial charge in [-0.25, -0.2) is 0 Å². The number of likely N-dealkylation sites (tertiary alicyclic amines) is 1. The van der Waals surface area contributed by atoms with Gasteiger partial charge in [-0.05, 0) is 102 Å². The second-order valence-corrected chi connectivity index (χ2v) is 11.7. The van der Waals surface area contributed by atoms with E-state index in [-0.39, 0.29) is 24.8 Å². The van der Waals surface area contributed by atoms with E-state index in [1.165, 1.54) is 60.0 Å². The molecular formula is C28H39Cl2N5OS. The molecule has 2 aliphatic rings. The predicted molar refractivity (Wildman–Crippen MR) is 157 cm³/mol. The van der Waals surface area contributed by atoms with Gasteiger partial charge in [0.15, 0.2) is 5.58 Å². The second kappa shape index (κ2) is 13.8. The molecule has 37 heavy (non-hydrogen) atoms. The minimum atomic E-state index is 0. The van der Waals surface area contributed by atoms with Gasteiger partial charge in [-0.15, -0.1) is 36.2 Å². The van der Waals surface area contributed by atoms with Gasteiger partial charge < -0.3 is 14.3 Å². The molecule has 0 radical (unpaired) electrons. The summed E-state index contributed by atoms with van der Waals surface area (Å²) < 4.78 is 6.01. The van der Waals surface area contributed by atoms with Crippen molar-refractivity contribution in [3.63, 3.8) is 0 Å². The predicted octanol–water partition coefficient (Wildman–Crippen LogP) is 6.50. The number of aryl methyl sites for hydroxylation is 1. The maximum Gasteiger partial charge on any atom is 0.173 e. The number of benzene rings is 1. The zero-order valence-electron chi connectivity index (χ0n) is 21.9. The number of anilines is 1. The van der Waals surface area contributed by atoms with Crippen LogP contribution in [0, 0.1) is 17.2 Å². The van der Waals surface area contributed by atoms with Crippen molar-refractivity contribution in [1.29, 1.82) is 5.26 Å². The SMILES string of the molecule is CN(C)Cc1c(N2CCCCC2)ccc2c(CCC3CCN(Cc4ccc(C#N)s4)CC3)noc12.Cl.Cl. The summed E-state index contributed by atoms with van der Waals surface area (Å²) in [6, 6.07) is 10.9. The summed E-state index contributed by atoms with van der Waals surface area (Å²) in [7, 11) is 4.26. The fourth-order valence-corrected chi connectivity index (χ4v) is 6.54. The zero-order valence-corrected chi connectivity index (χ0v) is 24.4. The van der Waals surface area contributed by atoms with Crippen molar-refractivity contribution < 1.29 is 4.52 Å². The Hall–Kier alpha value is -1.82. The number of nitrogens with zero attached hydrogens (tertiary/aromatic N) is 5. The number of halogens is 2. The van der Waals surface area contributed by atoms with Gasteiger partial charge in [-0.1, -0.05) is 5.16 Å². The number of thiophene rings is 1. The third-order valence-corrected chi connectivity index (χ3v) is 8.59. The lowest BCUT2D eigenvalue weighted by atomic mass is 9.91. The molecule has 202 valence electrons. The number of piperidine rings is 2. The van der Waals surface area contributed by atoms with Crippen molar-refractivity contribution >= 4 is 52.8 Å². The van der Waals surface area contributed by atoms with E-state index in [1.807, 2.05) is 6.07 Å². The number of nitriles is 1. The highest BCUT2D eigenvalue weighted by Gasteiger charge is 2.23. The lowest BCUT2D eigenvalue weighted by molar-refractivity contribution is 0.173. The molecule has 2 fully saturated rings. The fourth-order valence-electron chi connectivity index (χ4n) is 5.70.